The van der Waals surface area contributed by atoms with E-state index in [1.165, 1.54) is 12.1 Å². The average molecular weight is 352 g/mol. The normalized spacial score (nSPS) is 12.0. The molecule has 0 saturated heterocycles. The van der Waals surface area contributed by atoms with Crippen LogP contribution in [-0.2, 0) is 4.79 Å². The summed E-state index contributed by atoms with van der Waals surface area (Å²) in [6.45, 7) is 5.96. The van der Waals surface area contributed by atoms with Crippen LogP contribution in [0.25, 0.3) is 5.69 Å². The number of aromatic nitrogens is 2. The quantitative estimate of drug-likeness (QED) is 0.737. The molecular formula is C20H21FN4O. The fourth-order valence-corrected chi connectivity index (χ4v) is 2.87. The molecule has 1 aromatic heterocycles. The second-order valence-corrected chi connectivity index (χ2v) is 6.38. The first-order chi connectivity index (χ1) is 12.4. The van der Waals surface area contributed by atoms with Gasteiger partial charge < -0.3 is 11.1 Å². The highest BCUT2D eigenvalue weighted by molar-refractivity contribution is 5.84. The van der Waals surface area contributed by atoms with E-state index >= 15 is 0 Å². The second kappa shape index (κ2) is 7.00. The molecule has 1 atom stereocenters. The van der Waals surface area contributed by atoms with Crippen LogP contribution in [-0.4, -0.2) is 15.7 Å². The number of carbonyl (C=O) groups excluding carboxylic acids is 1. The predicted molar refractivity (Wildman–Crippen MR) is 99.7 cm³/mol. The fourth-order valence-electron chi connectivity index (χ4n) is 2.87. The van der Waals surface area contributed by atoms with E-state index in [-0.39, 0.29) is 5.82 Å². The largest absolute Gasteiger partial charge is 0.368 e. The molecule has 1 heterocycles. The minimum atomic E-state index is -0.773. The number of carbonyl (C=O) groups is 1. The molecule has 6 heteroatoms. The molecule has 0 fully saturated rings. The fraction of sp³-hybridized carbons (Fsp3) is 0.200. The molecule has 0 aliphatic rings. The molecule has 0 unspecified atom stereocenters. The van der Waals surface area contributed by atoms with Crippen LogP contribution in [0.4, 0.5) is 10.1 Å². The molecule has 0 bridgehead atoms. The van der Waals surface area contributed by atoms with Crippen LogP contribution in [0.15, 0.2) is 48.7 Å². The number of nitrogens with two attached hydrogens (primary N) is 1. The molecule has 3 rings (SSSR count). The molecule has 0 aliphatic carbocycles. The Morgan fingerprint density at radius 2 is 1.85 bits per heavy atom. The molecular weight excluding hydrogens is 331 g/mol. The van der Waals surface area contributed by atoms with Crippen molar-refractivity contribution in [3.63, 3.8) is 0 Å². The first-order valence-corrected chi connectivity index (χ1v) is 8.30. The Hall–Kier alpha value is -3.15. The number of amides is 1. The van der Waals surface area contributed by atoms with E-state index in [0.29, 0.717) is 11.3 Å². The number of nitrogens with one attached hydrogen (secondary N) is 1. The molecule has 0 spiro atoms. The minimum absolute atomic E-state index is 0.365. The monoisotopic (exact) mass is 352 g/mol. The van der Waals surface area contributed by atoms with Crippen molar-refractivity contribution >= 4 is 11.6 Å². The third-order valence-corrected chi connectivity index (χ3v) is 4.39. The number of primary amides is 1. The van der Waals surface area contributed by atoms with Gasteiger partial charge in [0.25, 0.3) is 0 Å². The van der Waals surface area contributed by atoms with E-state index in [1.54, 1.807) is 18.3 Å². The van der Waals surface area contributed by atoms with Gasteiger partial charge in [-0.15, -0.1) is 0 Å². The number of nitrogens with zero attached hydrogens (tertiary/aromatic N) is 2. The summed E-state index contributed by atoms with van der Waals surface area (Å²) in [5.41, 5.74) is 10.9. The van der Waals surface area contributed by atoms with Crippen LogP contribution in [0.3, 0.4) is 0 Å². The standard InChI is InChI=1S/C20H21FN4O/c1-12-4-5-13(2)18(10-12)25-14(3)17(11-23-25)24-19(20(22)26)15-6-8-16(21)9-7-15/h4-11,19,24H,1-3H3,(H2,22,26)/t19-/m1/s1. The van der Waals surface area contributed by atoms with E-state index < -0.39 is 11.9 Å². The lowest BCUT2D eigenvalue weighted by atomic mass is 10.1. The van der Waals surface area contributed by atoms with Crippen molar-refractivity contribution in [1.29, 1.82) is 0 Å². The van der Waals surface area contributed by atoms with Gasteiger partial charge in [-0.3, -0.25) is 4.79 Å². The zero-order chi connectivity index (χ0) is 18.8. The third-order valence-electron chi connectivity index (χ3n) is 4.39. The number of anilines is 1. The highest BCUT2D eigenvalue weighted by atomic mass is 19.1. The number of halogens is 1. The summed E-state index contributed by atoms with van der Waals surface area (Å²) >= 11 is 0. The average Bonchev–Trinajstić information content (AvgIpc) is 2.96. The lowest BCUT2D eigenvalue weighted by Gasteiger charge is -2.17. The molecule has 26 heavy (non-hydrogen) atoms. The van der Waals surface area contributed by atoms with Crippen molar-refractivity contribution in [2.24, 2.45) is 5.73 Å². The molecule has 3 aromatic rings. The van der Waals surface area contributed by atoms with Crippen molar-refractivity contribution < 1.29 is 9.18 Å². The summed E-state index contributed by atoms with van der Waals surface area (Å²) in [5.74, 6) is -0.911. The Balaban J connectivity index is 1.95. The molecule has 2 aromatic carbocycles. The third kappa shape index (κ3) is 3.44. The van der Waals surface area contributed by atoms with Gasteiger partial charge in [-0.1, -0.05) is 24.3 Å². The maximum Gasteiger partial charge on any atom is 0.244 e. The summed E-state index contributed by atoms with van der Waals surface area (Å²) in [7, 11) is 0. The van der Waals surface area contributed by atoms with Crippen LogP contribution < -0.4 is 11.1 Å². The van der Waals surface area contributed by atoms with E-state index in [9.17, 15) is 9.18 Å². The van der Waals surface area contributed by atoms with Gasteiger partial charge in [-0.25, -0.2) is 9.07 Å². The van der Waals surface area contributed by atoms with Crippen LogP contribution in [0, 0.1) is 26.6 Å². The Labute approximate surface area is 151 Å². The molecule has 1 amide bonds. The van der Waals surface area contributed by atoms with E-state index in [2.05, 4.69) is 22.5 Å². The van der Waals surface area contributed by atoms with Gasteiger partial charge in [0.1, 0.15) is 11.9 Å². The molecule has 134 valence electrons. The highest BCUT2D eigenvalue weighted by Crippen LogP contribution is 2.25. The van der Waals surface area contributed by atoms with E-state index in [0.717, 1.165) is 22.5 Å². The Bertz CT molecular complexity index is 947. The Morgan fingerprint density at radius 1 is 1.15 bits per heavy atom. The number of rotatable bonds is 5. The van der Waals surface area contributed by atoms with Crippen molar-refractivity contribution in [2.75, 3.05) is 5.32 Å². The molecule has 0 saturated carbocycles. The summed E-state index contributed by atoms with van der Waals surface area (Å²) in [5, 5.41) is 7.58. The first-order valence-electron chi connectivity index (χ1n) is 8.30. The maximum absolute atomic E-state index is 13.2. The van der Waals surface area contributed by atoms with Gasteiger partial charge in [-0.05, 0) is 55.7 Å². The van der Waals surface area contributed by atoms with Crippen molar-refractivity contribution in [3.05, 3.63) is 76.9 Å². The zero-order valence-electron chi connectivity index (χ0n) is 15.0. The summed E-state index contributed by atoms with van der Waals surface area (Å²) in [6.07, 6.45) is 1.66. The van der Waals surface area contributed by atoms with Crippen LogP contribution in [0.1, 0.15) is 28.4 Å². The zero-order valence-corrected chi connectivity index (χ0v) is 15.0. The Kier molecular flexibility index (Phi) is 4.75. The lowest BCUT2D eigenvalue weighted by molar-refractivity contribution is -0.118. The van der Waals surface area contributed by atoms with Gasteiger partial charge in [0, 0.05) is 0 Å². The highest BCUT2D eigenvalue weighted by Gasteiger charge is 2.20. The van der Waals surface area contributed by atoms with Crippen LogP contribution in [0.5, 0.6) is 0 Å². The SMILES string of the molecule is Cc1ccc(C)c(-n2ncc(N[C@@H](C(N)=O)c3ccc(F)cc3)c2C)c1. The number of hydrogen-bond donors (Lipinski definition) is 2. The van der Waals surface area contributed by atoms with Gasteiger partial charge in [0.2, 0.25) is 5.91 Å². The Morgan fingerprint density at radius 3 is 2.50 bits per heavy atom. The molecule has 3 N–H and O–H groups in total. The number of hydrogen-bond acceptors (Lipinski definition) is 3. The summed E-state index contributed by atoms with van der Waals surface area (Å²) in [6, 6.07) is 11.1. The smallest absolute Gasteiger partial charge is 0.244 e. The van der Waals surface area contributed by atoms with Gasteiger partial charge in [0.05, 0.1) is 23.3 Å². The number of aryl methyl sites for hydroxylation is 2. The summed E-state index contributed by atoms with van der Waals surface area (Å²) in [4.78, 5) is 11.9. The van der Waals surface area contributed by atoms with Crippen molar-refractivity contribution in [3.8, 4) is 5.69 Å². The first kappa shape index (κ1) is 17.7. The van der Waals surface area contributed by atoms with Gasteiger partial charge in [-0.2, -0.15) is 5.10 Å². The molecule has 5 nitrogen and oxygen atoms in total. The van der Waals surface area contributed by atoms with E-state index in [1.807, 2.05) is 31.5 Å². The van der Waals surface area contributed by atoms with Gasteiger partial charge in [0.15, 0.2) is 0 Å². The lowest BCUT2D eigenvalue weighted by Crippen LogP contribution is -2.27. The second-order valence-electron chi connectivity index (χ2n) is 6.38. The maximum atomic E-state index is 13.2. The van der Waals surface area contributed by atoms with Gasteiger partial charge >= 0.3 is 0 Å². The number of benzene rings is 2. The summed E-state index contributed by atoms with van der Waals surface area (Å²) < 4.78 is 15.0. The van der Waals surface area contributed by atoms with E-state index in [4.69, 9.17) is 5.73 Å². The van der Waals surface area contributed by atoms with Crippen molar-refractivity contribution in [2.45, 2.75) is 26.8 Å². The minimum Gasteiger partial charge on any atom is -0.368 e. The van der Waals surface area contributed by atoms with Crippen LogP contribution in [0.2, 0.25) is 0 Å². The molecule has 0 aliphatic heterocycles. The predicted octanol–water partition coefficient (Wildman–Crippen LogP) is 3.58. The molecule has 0 radical (unpaired) electrons. The topological polar surface area (TPSA) is 72.9 Å². The van der Waals surface area contributed by atoms with Crippen LogP contribution >= 0.6 is 0 Å². The van der Waals surface area contributed by atoms with Crippen molar-refractivity contribution in [1.82, 2.24) is 9.78 Å².